The molecule has 1 atom stereocenters. The molecular formula is C18H24N2O. The summed E-state index contributed by atoms with van der Waals surface area (Å²) in [5.41, 5.74) is 3.65. The molecule has 1 unspecified atom stereocenters. The summed E-state index contributed by atoms with van der Waals surface area (Å²) in [4.78, 5) is 18.0. The van der Waals surface area contributed by atoms with Crippen molar-refractivity contribution in [3.05, 3.63) is 35.5 Å². The smallest absolute Gasteiger partial charge is 0.227 e. The van der Waals surface area contributed by atoms with Crippen LogP contribution in [0.15, 0.2) is 24.3 Å². The van der Waals surface area contributed by atoms with Crippen LogP contribution in [0.1, 0.15) is 38.4 Å². The molecule has 0 saturated heterocycles. The number of nitrogens with zero attached hydrogens (tertiary/aromatic N) is 1. The minimum atomic E-state index is -0.310. The van der Waals surface area contributed by atoms with E-state index < -0.39 is 0 Å². The van der Waals surface area contributed by atoms with Crippen LogP contribution < -0.4 is 0 Å². The van der Waals surface area contributed by atoms with E-state index in [-0.39, 0.29) is 11.3 Å². The summed E-state index contributed by atoms with van der Waals surface area (Å²) < 4.78 is 0. The van der Waals surface area contributed by atoms with Gasteiger partial charge in [0.05, 0.1) is 0 Å². The quantitative estimate of drug-likeness (QED) is 0.854. The first kappa shape index (κ1) is 14.2. The second-order valence-corrected chi connectivity index (χ2v) is 7.19. The molecule has 1 aromatic carbocycles. The number of nitrogens with one attached hydrogen (secondary N) is 1. The minimum Gasteiger partial charge on any atom is -0.358 e. The van der Waals surface area contributed by atoms with Gasteiger partial charge in [-0.05, 0) is 30.9 Å². The largest absolute Gasteiger partial charge is 0.358 e. The maximum atomic E-state index is 12.5. The Morgan fingerprint density at radius 2 is 2.00 bits per heavy atom. The molecule has 1 N–H and O–H groups in total. The topological polar surface area (TPSA) is 36.1 Å². The van der Waals surface area contributed by atoms with Crippen molar-refractivity contribution < 1.29 is 4.79 Å². The standard InChI is InChI=1S/C18H24N2O/c1-18(2,3)17(21)20(4)12-9-10-16-14(11-12)13-7-5-6-8-15(13)19-16/h5-8,12,19H,9-11H2,1-4H3. The van der Waals surface area contributed by atoms with E-state index in [0.29, 0.717) is 6.04 Å². The fourth-order valence-corrected chi connectivity index (χ4v) is 3.38. The van der Waals surface area contributed by atoms with Gasteiger partial charge in [-0.15, -0.1) is 0 Å². The number of H-pyrrole nitrogens is 1. The van der Waals surface area contributed by atoms with Crippen LogP contribution in [0, 0.1) is 5.41 Å². The highest BCUT2D eigenvalue weighted by Crippen LogP contribution is 2.31. The fourth-order valence-electron chi connectivity index (χ4n) is 3.38. The average molecular weight is 284 g/mol. The Morgan fingerprint density at radius 3 is 2.71 bits per heavy atom. The second-order valence-electron chi connectivity index (χ2n) is 7.19. The molecule has 3 nitrogen and oxygen atoms in total. The number of hydrogen-bond acceptors (Lipinski definition) is 1. The number of carbonyl (C=O) groups excluding carboxylic acids is 1. The molecule has 2 aromatic rings. The molecule has 1 aromatic heterocycles. The molecule has 1 heterocycles. The number of para-hydroxylation sites is 1. The van der Waals surface area contributed by atoms with Crippen molar-refractivity contribution in [2.24, 2.45) is 5.41 Å². The van der Waals surface area contributed by atoms with Crippen molar-refractivity contribution in [1.29, 1.82) is 0 Å². The third kappa shape index (κ3) is 2.45. The lowest BCUT2D eigenvalue weighted by molar-refractivity contribution is -0.140. The molecule has 0 saturated carbocycles. The molecule has 3 heteroatoms. The van der Waals surface area contributed by atoms with Gasteiger partial charge < -0.3 is 9.88 Å². The number of amides is 1. The number of likely N-dealkylation sites (N-methyl/N-ethyl adjacent to an activating group) is 1. The van der Waals surface area contributed by atoms with Gasteiger partial charge in [0.25, 0.3) is 0 Å². The number of benzene rings is 1. The molecule has 0 aliphatic heterocycles. The van der Waals surface area contributed by atoms with Crippen molar-refractivity contribution in [1.82, 2.24) is 9.88 Å². The molecule has 0 fully saturated rings. The fraction of sp³-hybridized carbons (Fsp3) is 0.500. The Balaban J connectivity index is 1.89. The molecule has 21 heavy (non-hydrogen) atoms. The van der Waals surface area contributed by atoms with Crippen molar-refractivity contribution >= 4 is 16.8 Å². The van der Waals surface area contributed by atoms with E-state index in [1.165, 1.54) is 22.2 Å². The molecule has 1 aliphatic carbocycles. The summed E-state index contributed by atoms with van der Waals surface area (Å²) in [6, 6.07) is 8.77. The second kappa shape index (κ2) is 4.90. The summed E-state index contributed by atoms with van der Waals surface area (Å²) in [5.74, 6) is 0.232. The molecule has 1 aliphatic rings. The van der Waals surface area contributed by atoms with E-state index in [1.807, 2.05) is 32.7 Å². The molecule has 0 spiro atoms. The van der Waals surface area contributed by atoms with Gasteiger partial charge >= 0.3 is 0 Å². The van der Waals surface area contributed by atoms with Crippen molar-refractivity contribution in [2.75, 3.05) is 7.05 Å². The summed E-state index contributed by atoms with van der Waals surface area (Å²) in [7, 11) is 1.96. The summed E-state index contributed by atoms with van der Waals surface area (Å²) in [5, 5.41) is 1.31. The molecule has 3 rings (SSSR count). The Kier molecular flexibility index (Phi) is 3.31. The summed E-state index contributed by atoms with van der Waals surface area (Å²) >= 11 is 0. The Morgan fingerprint density at radius 1 is 1.29 bits per heavy atom. The van der Waals surface area contributed by atoms with Crippen LogP contribution in [0.4, 0.5) is 0 Å². The molecule has 112 valence electrons. The number of fused-ring (bicyclic) bond motifs is 3. The number of aromatic nitrogens is 1. The van der Waals surface area contributed by atoms with Crippen LogP contribution >= 0.6 is 0 Å². The third-order valence-corrected chi connectivity index (χ3v) is 4.58. The lowest BCUT2D eigenvalue weighted by atomic mass is 9.88. The summed E-state index contributed by atoms with van der Waals surface area (Å²) in [6.45, 7) is 5.98. The number of carbonyl (C=O) groups is 1. The lowest BCUT2D eigenvalue weighted by Crippen LogP contribution is -2.45. The zero-order chi connectivity index (χ0) is 15.2. The SMILES string of the molecule is CN(C(=O)C(C)(C)C)C1CCc2[nH]c3ccccc3c2C1. The van der Waals surface area contributed by atoms with Crippen LogP contribution in [0.3, 0.4) is 0 Å². The minimum absolute atomic E-state index is 0.232. The Labute approximate surface area is 126 Å². The van der Waals surface area contributed by atoms with E-state index in [0.717, 1.165) is 19.3 Å². The van der Waals surface area contributed by atoms with Crippen LogP contribution in [0.5, 0.6) is 0 Å². The average Bonchev–Trinajstić information content (AvgIpc) is 2.82. The predicted octanol–water partition coefficient (Wildman–Crippen LogP) is 3.53. The molecule has 1 amide bonds. The summed E-state index contributed by atoms with van der Waals surface area (Å²) in [6.07, 6.45) is 3.02. The first-order chi connectivity index (χ1) is 9.88. The molecule has 0 radical (unpaired) electrons. The van der Waals surface area contributed by atoms with Gasteiger partial charge in [-0.1, -0.05) is 39.0 Å². The third-order valence-electron chi connectivity index (χ3n) is 4.58. The van der Waals surface area contributed by atoms with Crippen LogP contribution in [-0.2, 0) is 17.6 Å². The van der Waals surface area contributed by atoms with Gasteiger partial charge in [0.15, 0.2) is 0 Å². The Hall–Kier alpha value is -1.77. The van der Waals surface area contributed by atoms with Crippen LogP contribution in [0.2, 0.25) is 0 Å². The van der Waals surface area contributed by atoms with Gasteiger partial charge in [0, 0.05) is 35.1 Å². The normalized spacial score (nSPS) is 18.6. The highest BCUT2D eigenvalue weighted by Gasteiger charge is 2.32. The highest BCUT2D eigenvalue weighted by atomic mass is 16.2. The monoisotopic (exact) mass is 284 g/mol. The van der Waals surface area contributed by atoms with Crippen LogP contribution in [-0.4, -0.2) is 28.9 Å². The number of aryl methyl sites for hydroxylation is 1. The lowest BCUT2D eigenvalue weighted by Gasteiger charge is -2.35. The molecular weight excluding hydrogens is 260 g/mol. The number of aromatic amines is 1. The van der Waals surface area contributed by atoms with E-state index in [2.05, 4.69) is 29.2 Å². The maximum Gasteiger partial charge on any atom is 0.227 e. The van der Waals surface area contributed by atoms with E-state index in [9.17, 15) is 4.79 Å². The first-order valence-corrected chi connectivity index (χ1v) is 7.73. The van der Waals surface area contributed by atoms with E-state index in [4.69, 9.17) is 0 Å². The van der Waals surface area contributed by atoms with E-state index in [1.54, 1.807) is 0 Å². The van der Waals surface area contributed by atoms with Crippen molar-refractivity contribution in [2.45, 2.75) is 46.1 Å². The van der Waals surface area contributed by atoms with Gasteiger partial charge in [-0.25, -0.2) is 0 Å². The van der Waals surface area contributed by atoms with Gasteiger partial charge in [-0.2, -0.15) is 0 Å². The van der Waals surface area contributed by atoms with Crippen LogP contribution in [0.25, 0.3) is 10.9 Å². The zero-order valence-corrected chi connectivity index (χ0v) is 13.4. The predicted molar refractivity (Wildman–Crippen MR) is 86.3 cm³/mol. The van der Waals surface area contributed by atoms with Gasteiger partial charge in [0.2, 0.25) is 5.91 Å². The zero-order valence-electron chi connectivity index (χ0n) is 13.4. The Bertz CT molecular complexity index is 678. The van der Waals surface area contributed by atoms with Crippen molar-refractivity contribution in [3.63, 3.8) is 0 Å². The number of hydrogen-bond donors (Lipinski definition) is 1. The maximum absolute atomic E-state index is 12.5. The van der Waals surface area contributed by atoms with Gasteiger partial charge in [0.1, 0.15) is 0 Å². The first-order valence-electron chi connectivity index (χ1n) is 7.73. The van der Waals surface area contributed by atoms with Crippen molar-refractivity contribution in [3.8, 4) is 0 Å². The van der Waals surface area contributed by atoms with E-state index >= 15 is 0 Å². The van der Waals surface area contributed by atoms with Gasteiger partial charge in [-0.3, -0.25) is 4.79 Å². The molecule has 0 bridgehead atoms. The number of rotatable bonds is 1. The highest BCUT2D eigenvalue weighted by molar-refractivity contribution is 5.85.